The molecule has 2 rings (SSSR count). The van der Waals surface area contributed by atoms with Gasteiger partial charge >= 0.3 is 0 Å². The van der Waals surface area contributed by atoms with Crippen LogP contribution < -0.4 is 0 Å². The van der Waals surface area contributed by atoms with Gasteiger partial charge in [-0.1, -0.05) is 25.7 Å². The van der Waals surface area contributed by atoms with Crippen LogP contribution in [0.25, 0.3) is 0 Å². The van der Waals surface area contributed by atoms with E-state index in [1.54, 1.807) is 11.3 Å². The van der Waals surface area contributed by atoms with Crippen molar-refractivity contribution < 1.29 is 4.79 Å². The lowest BCUT2D eigenvalue weighted by atomic mass is 9.83. The molecule has 0 aliphatic heterocycles. The third-order valence-electron chi connectivity index (χ3n) is 4.17. The fourth-order valence-electron chi connectivity index (χ4n) is 2.98. The molecule has 0 N–H and O–H groups in total. The molecule has 0 bridgehead atoms. The molecule has 0 radical (unpaired) electrons. The van der Waals surface area contributed by atoms with Gasteiger partial charge in [-0.05, 0) is 46.0 Å². The second kappa shape index (κ2) is 5.54. The highest BCUT2D eigenvalue weighted by molar-refractivity contribution is 7.14. The van der Waals surface area contributed by atoms with E-state index in [1.807, 2.05) is 6.07 Å². The molecule has 1 aliphatic carbocycles. The fraction of sp³-hybridized carbons (Fsp3) is 0.667. The molecule has 100 valence electrons. The van der Waals surface area contributed by atoms with Crippen molar-refractivity contribution in [1.82, 2.24) is 4.90 Å². The summed E-state index contributed by atoms with van der Waals surface area (Å²) in [5.41, 5.74) is -0.256. The first-order valence-electron chi connectivity index (χ1n) is 6.85. The van der Waals surface area contributed by atoms with Crippen molar-refractivity contribution in [2.45, 2.75) is 51.0 Å². The van der Waals surface area contributed by atoms with Crippen LogP contribution in [-0.2, 0) is 0 Å². The van der Waals surface area contributed by atoms with Crippen molar-refractivity contribution in [3.8, 4) is 0 Å². The molecule has 3 heteroatoms. The molecule has 0 amide bonds. The molecule has 0 spiro atoms. The van der Waals surface area contributed by atoms with Gasteiger partial charge in [0.2, 0.25) is 0 Å². The number of carbonyl (C=O) groups excluding carboxylic acids is 1. The largest absolute Gasteiger partial charge is 0.297 e. The second-order valence-electron chi connectivity index (χ2n) is 5.58. The van der Waals surface area contributed by atoms with E-state index in [2.05, 4.69) is 32.0 Å². The first-order chi connectivity index (χ1) is 8.56. The van der Waals surface area contributed by atoms with Gasteiger partial charge in [-0.25, -0.2) is 0 Å². The molecule has 1 fully saturated rings. The van der Waals surface area contributed by atoms with Gasteiger partial charge in [0.1, 0.15) is 0 Å². The molecule has 18 heavy (non-hydrogen) atoms. The van der Waals surface area contributed by atoms with Crippen LogP contribution in [-0.4, -0.2) is 30.3 Å². The minimum atomic E-state index is -0.256. The van der Waals surface area contributed by atoms with Crippen LogP contribution in [0.1, 0.15) is 53.1 Å². The smallest absolute Gasteiger partial charge is 0.192 e. The Bertz CT molecular complexity index is 414. The quantitative estimate of drug-likeness (QED) is 0.610. The predicted octanol–water partition coefficient (Wildman–Crippen LogP) is 3.89. The topological polar surface area (TPSA) is 20.3 Å². The predicted molar refractivity (Wildman–Crippen MR) is 77.5 cm³/mol. The summed E-state index contributed by atoms with van der Waals surface area (Å²) in [4.78, 5) is 17.2. The first-order valence-corrected chi connectivity index (χ1v) is 7.66. The molecule has 1 aliphatic rings. The summed E-state index contributed by atoms with van der Waals surface area (Å²) in [5.74, 6) is 0.340. The SMILES string of the molecule is Cc1ccc(C(=O)C2(N(C)C)CCCCCC2)s1. The van der Waals surface area contributed by atoms with Gasteiger partial charge in [0.15, 0.2) is 5.78 Å². The highest BCUT2D eigenvalue weighted by atomic mass is 32.1. The van der Waals surface area contributed by atoms with E-state index in [9.17, 15) is 4.79 Å². The number of Topliss-reactive ketones (excluding diaryl/α,β-unsaturated/α-hetero) is 1. The van der Waals surface area contributed by atoms with Crippen molar-refractivity contribution >= 4 is 17.1 Å². The van der Waals surface area contributed by atoms with E-state index in [4.69, 9.17) is 0 Å². The molecule has 1 aromatic rings. The van der Waals surface area contributed by atoms with Gasteiger partial charge < -0.3 is 0 Å². The van der Waals surface area contributed by atoms with Crippen molar-refractivity contribution in [3.63, 3.8) is 0 Å². The van der Waals surface area contributed by atoms with Crippen molar-refractivity contribution in [2.75, 3.05) is 14.1 Å². The molecule has 0 saturated heterocycles. The maximum Gasteiger partial charge on any atom is 0.192 e. The van der Waals surface area contributed by atoms with E-state index >= 15 is 0 Å². The van der Waals surface area contributed by atoms with E-state index < -0.39 is 0 Å². The minimum absolute atomic E-state index is 0.256. The summed E-state index contributed by atoms with van der Waals surface area (Å²) in [6.45, 7) is 2.07. The van der Waals surface area contributed by atoms with Crippen LogP contribution in [0.3, 0.4) is 0 Å². The zero-order valence-electron chi connectivity index (χ0n) is 11.7. The Kier molecular flexibility index (Phi) is 4.23. The van der Waals surface area contributed by atoms with Crippen LogP contribution in [0.2, 0.25) is 0 Å². The minimum Gasteiger partial charge on any atom is -0.297 e. The second-order valence-corrected chi connectivity index (χ2v) is 6.87. The van der Waals surface area contributed by atoms with Crippen LogP contribution in [0, 0.1) is 6.92 Å². The number of thiophene rings is 1. The average molecular weight is 265 g/mol. The lowest BCUT2D eigenvalue weighted by Gasteiger charge is -2.37. The molecular formula is C15H23NOS. The van der Waals surface area contributed by atoms with Crippen LogP contribution in [0.15, 0.2) is 12.1 Å². The van der Waals surface area contributed by atoms with Crippen molar-refractivity contribution in [1.29, 1.82) is 0 Å². The normalized spacial score (nSPS) is 19.8. The number of carbonyl (C=O) groups is 1. The van der Waals surface area contributed by atoms with Crippen molar-refractivity contribution in [3.05, 3.63) is 21.9 Å². The van der Waals surface area contributed by atoms with E-state index in [0.717, 1.165) is 17.7 Å². The Balaban J connectivity index is 2.31. The van der Waals surface area contributed by atoms with E-state index in [-0.39, 0.29) is 5.54 Å². The lowest BCUT2D eigenvalue weighted by Crippen LogP contribution is -2.50. The fourth-order valence-corrected chi connectivity index (χ4v) is 3.88. The number of likely N-dealkylation sites (N-methyl/N-ethyl adjacent to an activating group) is 1. The lowest BCUT2D eigenvalue weighted by molar-refractivity contribution is 0.0640. The molecule has 0 unspecified atom stereocenters. The average Bonchev–Trinajstić information content (AvgIpc) is 2.63. The highest BCUT2D eigenvalue weighted by Gasteiger charge is 2.41. The molecule has 0 aromatic carbocycles. The summed E-state index contributed by atoms with van der Waals surface area (Å²) >= 11 is 1.64. The van der Waals surface area contributed by atoms with Gasteiger partial charge in [0.25, 0.3) is 0 Å². The van der Waals surface area contributed by atoms with E-state index in [0.29, 0.717) is 5.78 Å². The molecule has 2 nitrogen and oxygen atoms in total. The third kappa shape index (κ3) is 2.52. The number of hydrogen-bond acceptors (Lipinski definition) is 3. The van der Waals surface area contributed by atoms with Gasteiger partial charge in [0.05, 0.1) is 10.4 Å². The molecule has 1 aromatic heterocycles. The Morgan fingerprint density at radius 2 is 1.78 bits per heavy atom. The van der Waals surface area contributed by atoms with Crippen LogP contribution >= 0.6 is 11.3 Å². The third-order valence-corrected chi connectivity index (χ3v) is 5.17. The number of ketones is 1. The zero-order chi connectivity index (χ0) is 13.2. The van der Waals surface area contributed by atoms with Gasteiger partial charge in [-0.3, -0.25) is 9.69 Å². The number of hydrogen-bond donors (Lipinski definition) is 0. The summed E-state index contributed by atoms with van der Waals surface area (Å²) < 4.78 is 0. The summed E-state index contributed by atoms with van der Waals surface area (Å²) in [5, 5.41) is 0. The van der Waals surface area contributed by atoms with Crippen LogP contribution in [0.4, 0.5) is 0 Å². The summed E-state index contributed by atoms with van der Waals surface area (Å²) in [7, 11) is 4.12. The van der Waals surface area contributed by atoms with Gasteiger partial charge in [0, 0.05) is 4.88 Å². The highest BCUT2D eigenvalue weighted by Crippen LogP contribution is 2.35. The van der Waals surface area contributed by atoms with E-state index in [1.165, 1.54) is 30.6 Å². The standard InChI is InChI=1S/C15H23NOS/c1-12-8-9-13(18-12)14(17)15(16(2)3)10-6-4-5-7-11-15/h8-9H,4-7,10-11H2,1-3H3. The monoisotopic (exact) mass is 265 g/mol. The molecular weight excluding hydrogens is 242 g/mol. The number of rotatable bonds is 3. The Morgan fingerprint density at radius 1 is 1.17 bits per heavy atom. The number of aryl methyl sites for hydroxylation is 1. The van der Waals surface area contributed by atoms with Gasteiger partial charge in [-0.15, -0.1) is 11.3 Å². The van der Waals surface area contributed by atoms with Crippen LogP contribution in [0.5, 0.6) is 0 Å². The molecule has 1 saturated carbocycles. The Hall–Kier alpha value is -0.670. The zero-order valence-corrected chi connectivity index (χ0v) is 12.5. The maximum absolute atomic E-state index is 12.9. The summed E-state index contributed by atoms with van der Waals surface area (Å²) in [6, 6.07) is 4.05. The molecule has 1 heterocycles. The molecule has 0 atom stereocenters. The Labute approximate surface area is 114 Å². The first kappa shape index (κ1) is 13.8. The summed E-state index contributed by atoms with van der Waals surface area (Å²) in [6.07, 6.45) is 6.91. The number of nitrogens with zero attached hydrogens (tertiary/aromatic N) is 1. The maximum atomic E-state index is 12.9. The van der Waals surface area contributed by atoms with Gasteiger partial charge in [-0.2, -0.15) is 0 Å². The Morgan fingerprint density at radius 3 is 2.22 bits per heavy atom. The van der Waals surface area contributed by atoms with Crippen molar-refractivity contribution in [2.24, 2.45) is 0 Å².